The van der Waals surface area contributed by atoms with Gasteiger partial charge in [-0.2, -0.15) is 0 Å². The number of aldehydes is 1. The van der Waals surface area contributed by atoms with Gasteiger partial charge in [0.1, 0.15) is 6.29 Å². The number of rotatable bonds is 2. The summed E-state index contributed by atoms with van der Waals surface area (Å²) in [7, 11) is 2.04. The van der Waals surface area contributed by atoms with Crippen molar-refractivity contribution in [1.82, 2.24) is 10.6 Å². The van der Waals surface area contributed by atoms with Crippen molar-refractivity contribution in [1.29, 1.82) is 0 Å². The molecule has 1 fully saturated rings. The summed E-state index contributed by atoms with van der Waals surface area (Å²) < 4.78 is 0. The highest BCUT2D eigenvalue weighted by Crippen LogP contribution is 2.02. The molecule has 0 amide bonds. The van der Waals surface area contributed by atoms with E-state index in [1.807, 2.05) is 38.2 Å². The Balaban J connectivity index is 0.000000171. The molecule has 0 radical (unpaired) electrons. The Hall–Kier alpha value is -1.19. The van der Waals surface area contributed by atoms with Crippen molar-refractivity contribution in [2.24, 2.45) is 0 Å². The van der Waals surface area contributed by atoms with E-state index in [0.717, 1.165) is 23.5 Å². The average Bonchev–Trinajstić information content (AvgIpc) is 2.41. The number of benzene rings is 1. The van der Waals surface area contributed by atoms with E-state index in [9.17, 15) is 4.79 Å². The van der Waals surface area contributed by atoms with Crippen molar-refractivity contribution in [2.45, 2.75) is 25.8 Å². The van der Waals surface area contributed by atoms with Crippen LogP contribution in [-0.4, -0.2) is 32.5 Å². The molecule has 0 unspecified atom stereocenters. The van der Waals surface area contributed by atoms with Gasteiger partial charge in [0.25, 0.3) is 0 Å². The molecule has 1 heterocycles. The van der Waals surface area contributed by atoms with Gasteiger partial charge in [-0.3, -0.25) is 4.79 Å². The molecule has 1 aliphatic rings. The first kappa shape index (κ1) is 13.9. The third-order valence-corrected chi connectivity index (χ3v) is 3.06. The SMILES string of the molecule is CNC1CCNCC1.Cc1ccccc1C=O. The van der Waals surface area contributed by atoms with Gasteiger partial charge in [-0.05, 0) is 45.5 Å². The predicted octanol–water partition coefficient (Wildman–Crippen LogP) is 1.77. The number of aryl methyl sites for hydroxylation is 1. The summed E-state index contributed by atoms with van der Waals surface area (Å²) in [4.78, 5) is 10.2. The summed E-state index contributed by atoms with van der Waals surface area (Å²) in [5.41, 5.74) is 1.81. The molecule has 1 saturated heterocycles. The second-order valence-electron chi connectivity index (χ2n) is 4.29. The minimum atomic E-state index is 0.774. The van der Waals surface area contributed by atoms with Gasteiger partial charge in [-0.1, -0.05) is 24.3 Å². The highest BCUT2D eigenvalue weighted by molar-refractivity contribution is 5.76. The van der Waals surface area contributed by atoms with Gasteiger partial charge in [0, 0.05) is 11.6 Å². The highest BCUT2D eigenvalue weighted by atomic mass is 16.1. The second kappa shape index (κ2) is 7.98. The van der Waals surface area contributed by atoms with Crippen LogP contribution < -0.4 is 10.6 Å². The first-order chi connectivity index (χ1) is 8.27. The lowest BCUT2D eigenvalue weighted by Crippen LogP contribution is -2.37. The molecule has 0 aliphatic carbocycles. The van der Waals surface area contributed by atoms with Gasteiger partial charge in [0.2, 0.25) is 0 Å². The average molecular weight is 234 g/mol. The van der Waals surface area contributed by atoms with Crippen LogP contribution in [0.3, 0.4) is 0 Å². The van der Waals surface area contributed by atoms with Crippen LogP contribution in [-0.2, 0) is 0 Å². The minimum Gasteiger partial charge on any atom is -0.317 e. The monoisotopic (exact) mass is 234 g/mol. The normalized spacial score (nSPS) is 15.9. The zero-order valence-corrected chi connectivity index (χ0v) is 10.7. The molecule has 3 heteroatoms. The minimum absolute atomic E-state index is 0.774. The predicted molar refractivity (Wildman–Crippen MR) is 71.5 cm³/mol. The maximum absolute atomic E-state index is 10.2. The van der Waals surface area contributed by atoms with Crippen LogP contribution in [0.2, 0.25) is 0 Å². The van der Waals surface area contributed by atoms with E-state index in [4.69, 9.17) is 0 Å². The van der Waals surface area contributed by atoms with Crippen LogP contribution in [0.1, 0.15) is 28.8 Å². The molecule has 3 nitrogen and oxygen atoms in total. The molecule has 17 heavy (non-hydrogen) atoms. The molecule has 0 bridgehead atoms. The quantitative estimate of drug-likeness (QED) is 0.766. The summed E-state index contributed by atoms with van der Waals surface area (Å²) in [5.74, 6) is 0. The Morgan fingerprint density at radius 2 is 1.94 bits per heavy atom. The molecule has 1 aromatic rings. The Bertz CT molecular complexity index is 333. The fourth-order valence-corrected chi connectivity index (χ4v) is 1.83. The highest BCUT2D eigenvalue weighted by Gasteiger charge is 2.08. The van der Waals surface area contributed by atoms with Crippen molar-refractivity contribution in [3.05, 3.63) is 35.4 Å². The number of carbonyl (C=O) groups is 1. The summed E-state index contributed by atoms with van der Waals surface area (Å²) >= 11 is 0. The van der Waals surface area contributed by atoms with Crippen molar-refractivity contribution in [3.63, 3.8) is 0 Å². The summed E-state index contributed by atoms with van der Waals surface area (Å²) in [5, 5.41) is 6.57. The molecule has 0 aromatic heterocycles. The van der Waals surface area contributed by atoms with E-state index in [2.05, 4.69) is 10.6 Å². The molecule has 2 rings (SSSR count). The molecule has 1 aromatic carbocycles. The van der Waals surface area contributed by atoms with E-state index in [1.54, 1.807) is 0 Å². The van der Waals surface area contributed by atoms with E-state index in [-0.39, 0.29) is 0 Å². The molecular weight excluding hydrogens is 212 g/mol. The van der Waals surface area contributed by atoms with Crippen LogP contribution in [0, 0.1) is 6.92 Å². The van der Waals surface area contributed by atoms with E-state index in [0.29, 0.717) is 0 Å². The first-order valence-electron chi connectivity index (χ1n) is 6.16. The third kappa shape index (κ3) is 5.11. The summed E-state index contributed by atoms with van der Waals surface area (Å²) in [6.45, 7) is 4.29. The van der Waals surface area contributed by atoms with Crippen molar-refractivity contribution < 1.29 is 4.79 Å². The number of hydrogen-bond donors (Lipinski definition) is 2. The van der Waals surface area contributed by atoms with Crippen molar-refractivity contribution in [2.75, 3.05) is 20.1 Å². The fourth-order valence-electron chi connectivity index (χ4n) is 1.83. The van der Waals surface area contributed by atoms with Gasteiger partial charge < -0.3 is 10.6 Å². The van der Waals surface area contributed by atoms with Gasteiger partial charge in [0.05, 0.1) is 0 Å². The number of piperidine rings is 1. The number of carbonyl (C=O) groups excluding carboxylic acids is 1. The molecule has 0 spiro atoms. The maximum Gasteiger partial charge on any atom is 0.150 e. The van der Waals surface area contributed by atoms with Gasteiger partial charge in [-0.15, -0.1) is 0 Å². The maximum atomic E-state index is 10.2. The van der Waals surface area contributed by atoms with Crippen molar-refractivity contribution >= 4 is 6.29 Å². The number of nitrogens with one attached hydrogen (secondary N) is 2. The topological polar surface area (TPSA) is 41.1 Å². The molecule has 94 valence electrons. The van der Waals surface area contributed by atoms with Crippen LogP contribution >= 0.6 is 0 Å². The van der Waals surface area contributed by atoms with Crippen LogP contribution in [0.4, 0.5) is 0 Å². The van der Waals surface area contributed by atoms with Gasteiger partial charge in [0.15, 0.2) is 0 Å². The fraction of sp³-hybridized carbons (Fsp3) is 0.500. The lowest BCUT2D eigenvalue weighted by molar-refractivity contribution is 0.112. The smallest absolute Gasteiger partial charge is 0.150 e. The lowest BCUT2D eigenvalue weighted by Gasteiger charge is -2.21. The standard InChI is InChI=1S/C8H8O.C6H14N2/c1-7-4-2-3-5-8(7)6-9;1-7-6-2-4-8-5-3-6/h2-6H,1H3;6-8H,2-5H2,1H3. The molecule has 0 atom stereocenters. The number of hydrogen-bond acceptors (Lipinski definition) is 3. The zero-order chi connectivity index (χ0) is 12.5. The van der Waals surface area contributed by atoms with E-state index >= 15 is 0 Å². The second-order valence-corrected chi connectivity index (χ2v) is 4.29. The van der Waals surface area contributed by atoms with Gasteiger partial charge >= 0.3 is 0 Å². The summed E-state index contributed by atoms with van der Waals surface area (Å²) in [6.07, 6.45) is 3.45. The molecule has 0 saturated carbocycles. The zero-order valence-electron chi connectivity index (χ0n) is 10.7. The Kier molecular flexibility index (Phi) is 6.51. The third-order valence-electron chi connectivity index (χ3n) is 3.06. The Labute approximate surface area is 104 Å². The van der Waals surface area contributed by atoms with Crippen molar-refractivity contribution in [3.8, 4) is 0 Å². The Morgan fingerprint density at radius 1 is 1.29 bits per heavy atom. The van der Waals surface area contributed by atoms with Crippen LogP contribution in [0.15, 0.2) is 24.3 Å². The molecule has 1 aliphatic heterocycles. The van der Waals surface area contributed by atoms with E-state index < -0.39 is 0 Å². The summed E-state index contributed by atoms with van der Waals surface area (Å²) in [6, 6.07) is 8.28. The van der Waals surface area contributed by atoms with Crippen LogP contribution in [0.5, 0.6) is 0 Å². The largest absolute Gasteiger partial charge is 0.317 e. The Morgan fingerprint density at radius 3 is 2.35 bits per heavy atom. The van der Waals surface area contributed by atoms with E-state index in [1.165, 1.54) is 25.9 Å². The molecule has 2 N–H and O–H groups in total. The van der Waals surface area contributed by atoms with Crippen LogP contribution in [0.25, 0.3) is 0 Å². The van der Waals surface area contributed by atoms with Gasteiger partial charge in [-0.25, -0.2) is 0 Å². The lowest BCUT2D eigenvalue weighted by atomic mass is 10.1. The molecular formula is C14H22N2O. The first-order valence-corrected chi connectivity index (χ1v) is 6.16.